The van der Waals surface area contributed by atoms with E-state index in [-0.39, 0.29) is 43.5 Å². The van der Waals surface area contributed by atoms with Crippen molar-refractivity contribution >= 4 is 11.9 Å². The van der Waals surface area contributed by atoms with Gasteiger partial charge in [-0.3, -0.25) is 14.6 Å². The largest absolute Gasteiger partial charge is 0.481 e. The van der Waals surface area contributed by atoms with Crippen molar-refractivity contribution in [2.45, 2.75) is 64.3 Å². The van der Waals surface area contributed by atoms with Crippen molar-refractivity contribution in [1.82, 2.24) is 15.2 Å². The minimum Gasteiger partial charge on any atom is -0.481 e. The van der Waals surface area contributed by atoms with Gasteiger partial charge in [0.2, 0.25) is 5.91 Å². The molecule has 1 fully saturated rings. The highest BCUT2D eigenvalue weighted by molar-refractivity contribution is 5.76. The number of carbonyl (C=O) groups is 2. The summed E-state index contributed by atoms with van der Waals surface area (Å²) in [5.41, 5.74) is 4.76. The van der Waals surface area contributed by atoms with Crippen LogP contribution in [0.3, 0.4) is 0 Å². The van der Waals surface area contributed by atoms with Crippen molar-refractivity contribution in [3.05, 3.63) is 101 Å². The molecule has 9 heteroatoms. The number of nitrogens with one attached hydrogen (secondary N) is 1. The van der Waals surface area contributed by atoms with Crippen molar-refractivity contribution in [1.29, 1.82) is 0 Å². The predicted octanol–water partition coefficient (Wildman–Crippen LogP) is 4.41. The minimum absolute atomic E-state index is 0.00801. The molecule has 0 aliphatic carbocycles. The van der Waals surface area contributed by atoms with Crippen molar-refractivity contribution in [2.75, 3.05) is 20.1 Å². The van der Waals surface area contributed by atoms with Crippen LogP contribution in [0.2, 0.25) is 0 Å². The van der Waals surface area contributed by atoms with Crippen molar-refractivity contribution in [3.63, 3.8) is 0 Å². The highest BCUT2D eigenvalue weighted by atomic mass is 16.7. The second-order valence-electron chi connectivity index (χ2n) is 10.9. The van der Waals surface area contributed by atoms with Gasteiger partial charge in [0.1, 0.15) is 0 Å². The summed E-state index contributed by atoms with van der Waals surface area (Å²) in [7, 11) is 2.10. The summed E-state index contributed by atoms with van der Waals surface area (Å²) in [6.07, 6.45) is 2.29. The topological polar surface area (TPSA) is 121 Å². The van der Waals surface area contributed by atoms with E-state index in [0.717, 1.165) is 47.5 Å². The van der Waals surface area contributed by atoms with Gasteiger partial charge >= 0.3 is 5.97 Å². The van der Waals surface area contributed by atoms with Gasteiger partial charge in [-0.25, -0.2) is 0 Å². The molecule has 4 unspecified atom stereocenters. The fourth-order valence-corrected chi connectivity index (χ4v) is 5.06. The number of carboxylic acids is 1. The third kappa shape index (κ3) is 9.19. The maximum atomic E-state index is 12.0. The number of aliphatic hydroxyl groups is 1. The van der Waals surface area contributed by atoms with Crippen LogP contribution < -0.4 is 5.32 Å². The van der Waals surface area contributed by atoms with E-state index in [1.54, 1.807) is 0 Å². The van der Waals surface area contributed by atoms with Gasteiger partial charge in [-0.15, -0.1) is 0 Å². The van der Waals surface area contributed by atoms with E-state index in [1.807, 2.05) is 72.9 Å². The molecule has 2 heterocycles. The lowest BCUT2D eigenvalue weighted by Crippen LogP contribution is -2.43. The number of aliphatic carboxylic acids is 1. The van der Waals surface area contributed by atoms with Gasteiger partial charge < -0.3 is 29.9 Å². The van der Waals surface area contributed by atoms with Crippen LogP contribution >= 0.6 is 0 Å². The fourth-order valence-electron chi connectivity index (χ4n) is 5.06. The number of rotatable bonds is 14. The van der Waals surface area contributed by atoms with Crippen LogP contribution in [-0.2, 0) is 38.6 Å². The minimum atomic E-state index is -0.900. The maximum absolute atomic E-state index is 12.0. The summed E-state index contributed by atoms with van der Waals surface area (Å²) in [6.45, 7) is 4.08. The molecular formula is C33H41N3O6. The number of carbonyl (C=O) groups excluding carboxylic acids is 1. The summed E-state index contributed by atoms with van der Waals surface area (Å²) >= 11 is 0. The van der Waals surface area contributed by atoms with Crippen LogP contribution in [0.15, 0.2) is 72.9 Å². The molecule has 4 rings (SSSR count). The zero-order valence-electron chi connectivity index (χ0n) is 24.3. The van der Waals surface area contributed by atoms with E-state index in [9.17, 15) is 14.7 Å². The van der Waals surface area contributed by atoms with E-state index < -0.39 is 12.3 Å². The number of hydrogen-bond acceptors (Lipinski definition) is 7. The zero-order chi connectivity index (χ0) is 29.9. The first kappa shape index (κ1) is 31.3. The molecule has 1 aliphatic rings. The molecule has 3 aromatic rings. The molecule has 0 radical (unpaired) electrons. The highest BCUT2D eigenvalue weighted by Gasteiger charge is 2.38. The van der Waals surface area contributed by atoms with Gasteiger partial charge in [-0.05, 0) is 42.3 Å². The van der Waals surface area contributed by atoms with E-state index in [1.165, 1.54) is 0 Å². The predicted molar refractivity (Wildman–Crippen MR) is 158 cm³/mol. The van der Waals surface area contributed by atoms with Crippen molar-refractivity contribution in [3.8, 4) is 0 Å². The highest BCUT2D eigenvalue weighted by Crippen LogP contribution is 2.41. The lowest BCUT2D eigenvalue weighted by atomic mass is 9.90. The summed E-state index contributed by atoms with van der Waals surface area (Å²) in [5, 5.41) is 21.1. The third-order valence-electron chi connectivity index (χ3n) is 7.63. The quantitative estimate of drug-likeness (QED) is 0.259. The lowest BCUT2D eigenvalue weighted by molar-refractivity contribution is -0.275. The Morgan fingerprint density at radius 1 is 0.952 bits per heavy atom. The van der Waals surface area contributed by atoms with Gasteiger partial charge in [0.15, 0.2) is 6.29 Å². The fraction of sp³-hybridized carbons (Fsp3) is 0.424. The zero-order valence-corrected chi connectivity index (χ0v) is 24.3. The Bertz CT molecular complexity index is 1270. The van der Waals surface area contributed by atoms with E-state index >= 15 is 0 Å². The van der Waals surface area contributed by atoms with Crippen molar-refractivity contribution in [2.24, 2.45) is 5.92 Å². The van der Waals surface area contributed by atoms with Crippen LogP contribution in [0.25, 0.3) is 0 Å². The molecule has 0 spiro atoms. The number of aliphatic hydroxyl groups excluding tert-OH is 1. The van der Waals surface area contributed by atoms with Crippen LogP contribution in [0.5, 0.6) is 0 Å². The number of carboxylic acid groups (broad SMARTS) is 1. The Morgan fingerprint density at radius 3 is 2.33 bits per heavy atom. The molecule has 1 aliphatic heterocycles. The summed E-state index contributed by atoms with van der Waals surface area (Å²) in [5.74, 6) is -0.991. The Hall–Kier alpha value is -3.63. The number of ether oxygens (including phenoxy) is 2. The Balaban J connectivity index is 1.43. The van der Waals surface area contributed by atoms with Crippen LogP contribution in [0.4, 0.5) is 0 Å². The third-order valence-corrected chi connectivity index (χ3v) is 7.63. The average Bonchev–Trinajstić information content (AvgIpc) is 3.00. The van der Waals surface area contributed by atoms with E-state index in [2.05, 4.69) is 29.2 Å². The Labute approximate surface area is 247 Å². The molecule has 2 aromatic carbocycles. The van der Waals surface area contributed by atoms with Gasteiger partial charge in [0.05, 0.1) is 18.8 Å². The number of nitrogens with zero attached hydrogens (tertiary/aromatic N) is 2. The van der Waals surface area contributed by atoms with E-state index in [4.69, 9.17) is 14.6 Å². The lowest BCUT2D eigenvalue weighted by Gasteiger charge is -2.42. The first-order valence-corrected chi connectivity index (χ1v) is 14.5. The second kappa shape index (κ2) is 15.6. The standard InChI is InChI=1S/C33H41N3O6/c1-23-29(21-36(2)19-17-28-6-3-4-18-34-28)41-33(42-32(23)26-13-11-25(22-37)12-14-26)27-15-9-24(10-16-27)20-35-30(38)7-5-8-31(39)40/h3-4,6,9-16,18,23,29,32-33,37H,5,7-8,17,19-22H2,1-2H3,(H,35,38)(H,39,40). The summed E-state index contributed by atoms with van der Waals surface area (Å²) in [4.78, 5) is 29.4. The number of hydrogen-bond donors (Lipinski definition) is 3. The monoisotopic (exact) mass is 575 g/mol. The van der Waals surface area contributed by atoms with E-state index in [0.29, 0.717) is 13.0 Å². The smallest absolute Gasteiger partial charge is 0.303 e. The molecule has 42 heavy (non-hydrogen) atoms. The first-order valence-electron chi connectivity index (χ1n) is 14.5. The Kier molecular flexibility index (Phi) is 11.6. The number of pyridine rings is 1. The maximum Gasteiger partial charge on any atom is 0.303 e. The molecule has 0 saturated carbocycles. The molecule has 1 aromatic heterocycles. The van der Waals surface area contributed by atoms with Crippen LogP contribution in [-0.4, -0.2) is 58.2 Å². The van der Waals surface area contributed by atoms with Gasteiger partial charge in [0, 0.05) is 62.3 Å². The molecule has 4 atom stereocenters. The molecule has 224 valence electrons. The van der Waals surface area contributed by atoms with Crippen molar-refractivity contribution < 1.29 is 29.3 Å². The molecular weight excluding hydrogens is 534 g/mol. The summed E-state index contributed by atoms with van der Waals surface area (Å²) in [6, 6.07) is 21.6. The molecule has 9 nitrogen and oxygen atoms in total. The van der Waals surface area contributed by atoms with Gasteiger partial charge in [-0.2, -0.15) is 0 Å². The number of amides is 1. The van der Waals surface area contributed by atoms with Crippen LogP contribution in [0, 0.1) is 5.92 Å². The first-order chi connectivity index (χ1) is 20.3. The summed E-state index contributed by atoms with van der Waals surface area (Å²) < 4.78 is 13.1. The number of likely N-dealkylation sites (N-methyl/N-ethyl adjacent to an activating group) is 1. The Morgan fingerprint density at radius 2 is 1.67 bits per heavy atom. The van der Waals surface area contributed by atoms with Gasteiger partial charge in [-0.1, -0.05) is 61.5 Å². The second-order valence-corrected chi connectivity index (χ2v) is 10.9. The van der Waals surface area contributed by atoms with Gasteiger partial charge in [0.25, 0.3) is 0 Å². The number of benzene rings is 2. The average molecular weight is 576 g/mol. The normalized spacial score (nSPS) is 20.4. The van der Waals surface area contributed by atoms with Crippen LogP contribution in [0.1, 0.15) is 66.5 Å². The molecule has 0 bridgehead atoms. The molecule has 1 amide bonds. The molecule has 1 saturated heterocycles. The molecule has 3 N–H and O–H groups in total. The SMILES string of the molecule is CC1C(CN(C)CCc2ccccn2)OC(c2ccc(CNC(=O)CCCC(=O)O)cc2)OC1c1ccc(CO)cc1. The number of aromatic nitrogens is 1.